The third-order valence-electron chi connectivity index (χ3n) is 3.96. The molecule has 2 amide bonds. The van der Waals surface area contributed by atoms with Gasteiger partial charge in [-0.15, -0.1) is 6.42 Å². The number of carbonyl (C=O) groups is 1. The summed E-state index contributed by atoms with van der Waals surface area (Å²) in [6.07, 6.45) is 6.72. The Morgan fingerprint density at radius 1 is 1.24 bits per heavy atom. The van der Waals surface area contributed by atoms with Gasteiger partial charge < -0.3 is 19.5 Å². The number of aromatic nitrogens is 1. The highest BCUT2D eigenvalue weighted by Gasteiger charge is 2.21. The van der Waals surface area contributed by atoms with E-state index in [9.17, 15) is 4.79 Å². The molecular formula is C18H20N4O3. The maximum atomic E-state index is 12.4. The van der Waals surface area contributed by atoms with Crippen LogP contribution < -0.4 is 10.1 Å². The zero-order chi connectivity index (χ0) is 17.5. The van der Waals surface area contributed by atoms with Crippen LogP contribution in [0.3, 0.4) is 0 Å². The standard InChI is InChI=1S/C18H20N4O3/c1-2-12-24-17-5-3-15(4-6-17)19-18(23)22-10-8-21(9-11-22)14-16-7-13-25-20-16/h1,3-7,13H,8-12,14H2,(H,19,23). The van der Waals surface area contributed by atoms with Crippen molar-refractivity contribution in [2.75, 3.05) is 38.1 Å². The van der Waals surface area contributed by atoms with Crippen LogP contribution in [0.5, 0.6) is 5.75 Å². The molecule has 3 rings (SSSR count). The molecule has 1 aliphatic rings. The molecule has 1 fully saturated rings. The number of hydrogen-bond acceptors (Lipinski definition) is 5. The predicted octanol–water partition coefficient (Wildman–Crippen LogP) is 2.04. The van der Waals surface area contributed by atoms with Crippen LogP contribution in [0, 0.1) is 12.3 Å². The molecule has 2 heterocycles. The van der Waals surface area contributed by atoms with Crippen molar-refractivity contribution in [2.45, 2.75) is 6.54 Å². The van der Waals surface area contributed by atoms with E-state index >= 15 is 0 Å². The highest BCUT2D eigenvalue weighted by atomic mass is 16.5. The average Bonchev–Trinajstić information content (AvgIpc) is 3.15. The number of urea groups is 1. The minimum Gasteiger partial charge on any atom is -0.481 e. The number of rotatable bonds is 5. The SMILES string of the molecule is C#CCOc1ccc(NC(=O)N2CCN(Cc3ccon3)CC2)cc1. The van der Waals surface area contributed by atoms with Crippen LogP contribution in [0.4, 0.5) is 10.5 Å². The third kappa shape index (κ3) is 4.75. The first-order valence-corrected chi connectivity index (χ1v) is 8.08. The fraction of sp³-hybridized carbons (Fsp3) is 0.333. The van der Waals surface area contributed by atoms with Crippen LogP contribution in [0.15, 0.2) is 41.1 Å². The summed E-state index contributed by atoms with van der Waals surface area (Å²) in [6, 6.07) is 8.91. The molecule has 7 nitrogen and oxygen atoms in total. The van der Waals surface area contributed by atoms with Crippen molar-refractivity contribution in [1.82, 2.24) is 15.0 Å². The summed E-state index contributed by atoms with van der Waals surface area (Å²) in [5, 5.41) is 6.82. The fourth-order valence-electron chi connectivity index (χ4n) is 2.62. The van der Waals surface area contributed by atoms with Gasteiger partial charge in [-0.2, -0.15) is 0 Å². The summed E-state index contributed by atoms with van der Waals surface area (Å²) in [4.78, 5) is 16.4. The fourth-order valence-corrected chi connectivity index (χ4v) is 2.62. The quantitative estimate of drug-likeness (QED) is 0.844. The normalized spacial score (nSPS) is 14.8. The zero-order valence-electron chi connectivity index (χ0n) is 13.9. The van der Waals surface area contributed by atoms with Gasteiger partial charge in [0.05, 0.1) is 5.69 Å². The zero-order valence-corrected chi connectivity index (χ0v) is 13.9. The Balaban J connectivity index is 1.45. The molecule has 1 aromatic heterocycles. The number of hydrogen-bond donors (Lipinski definition) is 1. The lowest BCUT2D eigenvalue weighted by Crippen LogP contribution is -2.49. The molecular weight excluding hydrogens is 320 g/mol. The summed E-state index contributed by atoms with van der Waals surface area (Å²) in [6.45, 7) is 3.92. The number of piperazine rings is 1. The lowest BCUT2D eigenvalue weighted by molar-refractivity contribution is 0.141. The molecule has 1 N–H and O–H groups in total. The molecule has 130 valence electrons. The molecule has 1 saturated heterocycles. The van der Waals surface area contributed by atoms with Gasteiger partial charge in [0.15, 0.2) is 0 Å². The number of nitrogens with one attached hydrogen (secondary N) is 1. The van der Waals surface area contributed by atoms with Crippen molar-refractivity contribution in [2.24, 2.45) is 0 Å². The van der Waals surface area contributed by atoms with Crippen molar-refractivity contribution in [1.29, 1.82) is 0 Å². The highest BCUT2D eigenvalue weighted by molar-refractivity contribution is 5.89. The molecule has 0 bridgehead atoms. The van der Waals surface area contributed by atoms with Gasteiger partial charge in [-0.25, -0.2) is 4.79 Å². The van der Waals surface area contributed by atoms with E-state index in [2.05, 4.69) is 21.3 Å². The van der Waals surface area contributed by atoms with Crippen LogP contribution in [0.25, 0.3) is 0 Å². The van der Waals surface area contributed by atoms with E-state index in [4.69, 9.17) is 15.7 Å². The molecule has 7 heteroatoms. The maximum Gasteiger partial charge on any atom is 0.321 e. The first kappa shape index (κ1) is 16.9. The molecule has 1 aromatic carbocycles. The van der Waals surface area contributed by atoms with Gasteiger partial charge in [-0.05, 0) is 24.3 Å². The smallest absolute Gasteiger partial charge is 0.321 e. The molecule has 0 radical (unpaired) electrons. The topological polar surface area (TPSA) is 70.8 Å². The molecule has 0 spiro atoms. The summed E-state index contributed by atoms with van der Waals surface area (Å²) in [5.74, 6) is 3.09. The Morgan fingerprint density at radius 2 is 2.00 bits per heavy atom. The van der Waals surface area contributed by atoms with Gasteiger partial charge in [0.25, 0.3) is 0 Å². The molecule has 0 atom stereocenters. The maximum absolute atomic E-state index is 12.4. The summed E-state index contributed by atoms with van der Waals surface area (Å²) < 4.78 is 10.2. The summed E-state index contributed by atoms with van der Waals surface area (Å²) in [7, 11) is 0. The first-order chi connectivity index (χ1) is 12.2. The average molecular weight is 340 g/mol. The number of terminal acetylenes is 1. The van der Waals surface area contributed by atoms with Crippen molar-refractivity contribution < 1.29 is 14.1 Å². The monoisotopic (exact) mass is 340 g/mol. The minimum atomic E-state index is -0.0987. The number of anilines is 1. The largest absolute Gasteiger partial charge is 0.481 e. The summed E-state index contributed by atoms with van der Waals surface area (Å²) in [5.41, 5.74) is 1.63. The molecule has 0 aliphatic carbocycles. The minimum absolute atomic E-state index is 0.0987. The Morgan fingerprint density at radius 3 is 2.64 bits per heavy atom. The molecule has 0 unspecified atom stereocenters. The Hall–Kier alpha value is -2.98. The summed E-state index contributed by atoms with van der Waals surface area (Å²) >= 11 is 0. The van der Waals surface area contributed by atoms with Crippen molar-refractivity contribution in [3.8, 4) is 18.1 Å². The van der Waals surface area contributed by atoms with Crippen LogP contribution in [-0.2, 0) is 6.54 Å². The molecule has 1 aliphatic heterocycles. The molecule has 25 heavy (non-hydrogen) atoms. The van der Waals surface area contributed by atoms with Crippen LogP contribution in [0.1, 0.15) is 5.69 Å². The van der Waals surface area contributed by atoms with Crippen LogP contribution >= 0.6 is 0 Å². The van der Waals surface area contributed by atoms with E-state index < -0.39 is 0 Å². The Bertz CT molecular complexity index is 714. The first-order valence-electron chi connectivity index (χ1n) is 8.08. The number of benzene rings is 1. The van der Waals surface area contributed by atoms with Gasteiger partial charge >= 0.3 is 6.03 Å². The van der Waals surface area contributed by atoms with Crippen molar-refractivity contribution in [3.63, 3.8) is 0 Å². The lowest BCUT2D eigenvalue weighted by atomic mass is 10.3. The lowest BCUT2D eigenvalue weighted by Gasteiger charge is -2.34. The van der Waals surface area contributed by atoms with Crippen LogP contribution in [-0.4, -0.2) is 53.8 Å². The van der Waals surface area contributed by atoms with Crippen molar-refractivity contribution in [3.05, 3.63) is 42.3 Å². The Labute approximate surface area is 146 Å². The highest BCUT2D eigenvalue weighted by Crippen LogP contribution is 2.16. The van der Waals surface area contributed by atoms with E-state index in [0.29, 0.717) is 18.8 Å². The van der Waals surface area contributed by atoms with E-state index in [1.54, 1.807) is 30.5 Å². The van der Waals surface area contributed by atoms with Gasteiger partial charge in [0.2, 0.25) is 0 Å². The van der Waals surface area contributed by atoms with Crippen molar-refractivity contribution >= 4 is 11.7 Å². The second-order valence-electron chi connectivity index (χ2n) is 5.70. The predicted molar refractivity (Wildman–Crippen MR) is 93.1 cm³/mol. The van der Waals surface area contributed by atoms with E-state index in [-0.39, 0.29) is 12.6 Å². The van der Waals surface area contributed by atoms with E-state index in [0.717, 1.165) is 31.0 Å². The van der Waals surface area contributed by atoms with Crippen LogP contribution in [0.2, 0.25) is 0 Å². The van der Waals surface area contributed by atoms with Gasteiger partial charge in [0.1, 0.15) is 18.6 Å². The number of nitrogens with zero attached hydrogens (tertiary/aromatic N) is 3. The van der Waals surface area contributed by atoms with E-state index in [1.807, 2.05) is 11.0 Å². The number of ether oxygens (including phenoxy) is 1. The number of amides is 2. The second-order valence-corrected chi connectivity index (χ2v) is 5.70. The van der Waals surface area contributed by atoms with Gasteiger partial charge in [-0.3, -0.25) is 4.90 Å². The van der Waals surface area contributed by atoms with Gasteiger partial charge in [-0.1, -0.05) is 11.1 Å². The van der Waals surface area contributed by atoms with Gasteiger partial charge in [0, 0.05) is 44.5 Å². The Kier molecular flexibility index (Phi) is 5.54. The third-order valence-corrected chi connectivity index (χ3v) is 3.96. The number of carbonyl (C=O) groups excluding carboxylic acids is 1. The molecule has 0 saturated carbocycles. The van der Waals surface area contributed by atoms with E-state index in [1.165, 1.54) is 0 Å². The molecule has 2 aromatic rings. The second kappa shape index (κ2) is 8.22.